The van der Waals surface area contributed by atoms with Crippen molar-refractivity contribution in [3.05, 3.63) is 17.0 Å². The topological polar surface area (TPSA) is 72.1 Å². The minimum absolute atomic E-state index is 0.0712. The summed E-state index contributed by atoms with van der Waals surface area (Å²) >= 11 is 5.87. The maximum atomic E-state index is 10.8. The van der Waals surface area contributed by atoms with Gasteiger partial charge in [0.1, 0.15) is 17.3 Å². The average Bonchev–Trinajstić information content (AvgIpc) is 2.09. The van der Waals surface area contributed by atoms with E-state index in [4.69, 9.17) is 17.3 Å². The zero-order chi connectivity index (χ0) is 11.0. The third kappa shape index (κ3) is 1.74. The average molecular weight is 227 g/mol. The molecule has 0 spiro atoms. The van der Waals surface area contributed by atoms with Crippen LogP contribution in [0.4, 0.5) is 5.82 Å². The molecule has 15 heavy (non-hydrogen) atoms. The third-order valence-electron chi connectivity index (χ3n) is 2.58. The van der Waals surface area contributed by atoms with Crippen molar-refractivity contribution in [1.82, 2.24) is 9.97 Å². The predicted molar refractivity (Wildman–Crippen MR) is 56.7 cm³/mol. The van der Waals surface area contributed by atoms with E-state index in [1.165, 1.54) is 6.33 Å². The van der Waals surface area contributed by atoms with Gasteiger partial charge in [-0.1, -0.05) is 11.6 Å². The minimum atomic E-state index is -0.260. The molecule has 5 nitrogen and oxygen atoms in total. The van der Waals surface area contributed by atoms with Gasteiger partial charge in [0.15, 0.2) is 0 Å². The molecule has 1 fully saturated rings. The van der Waals surface area contributed by atoms with E-state index in [1.54, 1.807) is 0 Å². The van der Waals surface area contributed by atoms with E-state index in [0.29, 0.717) is 18.2 Å². The first-order valence-corrected chi connectivity index (χ1v) is 4.98. The molecule has 2 heterocycles. The number of anilines is 1. The van der Waals surface area contributed by atoms with Crippen LogP contribution in [0.2, 0.25) is 5.15 Å². The van der Waals surface area contributed by atoms with Gasteiger partial charge in [0.2, 0.25) is 5.91 Å². The molecule has 2 rings (SSSR count). The highest BCUT2D eigenvalue weighted by atomic mass is 35.5. The molecule has 6 heteroatoms. The molecular formula is C9H11ClN4O. The lowest BCUT2D eigenvalue weighted by Gasteiger charge is -2.38. The van der Waals surface area contributed by atoms with Gasteiger partial charge >= 0.3 is 0 Å². The summed E-state index contributed by atoms with van der Waals surface area (Å²) < 4.78 is 0. The summed E-state index contributed by atoms with van der Waals surface area (Å²) in [5.41, 5.74) is 6.02. The van der Waals surface area contributed by atoms with E-state index in [0.717, 1.165) is 11.4 Å². The number of aromatic nitrogens is 2. The van der Waals surface area contributed by atoms with E-state index in [1.807, 2.05) is 11.8 Å². The number of hydrogen-bond acceptors (Lipinski definition) is 4. The molecule has 0 aromatic carbocycles. The maximum Gasteiger partial charge on any atom is 0.224 e. The van der Waals surface area contributed by atoms with Gasteiger partial charge < -0.3 is 10.6 Å². The summed E-state index contributed by atoms with van der Waals surface area (Å²) in [5, 5.41) is 0.447. The maximum absolute atomic E-state index is 10.8. The monoisotopic (exact) mass is 226 g/mol. The largest absolute Gasteiger partial charge is 0.369 e. The Balaban J connectivity index is 2.13. The van der Waals surface area contributed by atoms with Crippen molar-refractivity contribution in [1.29, 1.82) is 0 Å². The molecule has 0 aliphatic carbocycles. The zero-order valence-corrected chi connectivity index (χ0v) is 9.03. The van der Waals surface area contributed by atoms with Crippen molar-refractivity contribution in [3.8, 4) is 0 Å². The van der Waals surface area contributed by atoms with Crippen molar-refractivity contribution < 1.29 is 4.79 Å². The molecule has 0 bridgehead atoms. The van der Waals surface area contributed by atoms with Crippen molar-refractivity contribution in [2.24, 2.45) is 11.7 Å². The van der Waals surface area contributed by atoms with Gasteiger partial charge in [-0.05, 0) is 6.92 Å². The van der Waals surface area contributed by atoms with E-state index in [9.17, 15) is 4.79 Å². The first kappa shape index (κ1) is 10.2. The molecule has 1 amide bonds. The quantitative estimate of drug-likeness (QED) is 0.740. The fourth-order valence-corrected chi connectivity index (χ4v) is 1.70. The van der Waals surface area contributed by atoms with Crippen LogP contribution in [0.5, 0.6) is 0 Å². The number of nitrogens with zero attached hydrogens (tertiary/aromatic N) is 3. The standard InChI is InChI=1S/C9H11ClN4O/c1-5-7(10)12-4-13-9(5)14-2-6(3-14)8(11)15/h4,6H,2-3H2,1H3,(H2,11,15). The van der Waals surface area contributed by atoms with Crippen molar-refractivity contribution >= 4 is 23.3 Å². The lowest BCUT2D eigenvalue weighted by Crippen LogP contribution is -2.53. The molecule has 1 aromatic heterocycles. The Labute approximate surface area is 92.3 Å². The fourth-order valence-electron chi connectivity index (χ4n) is 1.57. The smallest absolute Gasteiger partial charge is 0.224 e. The number of rotatable bonds is 2. The van der Waals surface area contributed by atoms with Gasteiger partial charge in [-0.3, -0.25) is 4.79 Å². The molecule has 2 N–H and O–H groups in total. The Kier molecular flexibility index (Phi) is 2.48. The molecule has 0 atom stereocenters. The number of nitrogens with two attached hydrogens (primary N) is 1. The Morgan fingerprint density at radius 2 is 2.27 bits per heavy atom. The van der Waals surface area contributed by atoms with Gasteiger partial charge in [0, 0.05) is 18.7 Å². The number of halogens is 1. The normalized spacial score (nSPS) is 16.3. The molecule has 0 radical (unpaired) electrons. The van der Waals surface area contributed by atoms with E-state index in [2.05, 4.69) is 9.97 Å². The van der Waals surface area contributed by atoms with E-state index in [-0.39, 0.29) is 11.8 Å². The first-order valence-electron chi connectivity index (χ1n) is 4.61. The summed E-state index contributed by atoms with van der Waals surface area (Å²) in [6, 6.07) is 0. The highest BCUT2D eigenvalue weighted by Crippen LogP contribution is 2.27. The van der Waals surface area contributed by atoms with Crippen LogP contribution in [0.15, 0.2) is 6.33 Å². The molecular weight excluding hydrogens is 216 g/mol. The Bertz CT molecular complexity index is 403. The first-order chi connectivity index (χ1) is 7.09. The second kappa shape index (κ2) is 3.66. The summed E-state index contributed by atoms with van der Waals surface area (Å²) in [4.78, 5) is 20.8. The summed E-state index contributed by atoms with van der Waals surface area (Å²) in [7, 11) is 0. The fraction of sp³-hybridized carbons (Fsp3) is 0.444. The molecule has 1 saturated heterocycles. The minimum Gasteiger partial charge on any atom is -0.369 e. The Morgan fingerprint density at radius 3 is 2.87 bits per heavy atom. The van der Waals surface area contributed by atoms with Crippen LogP contribution < -0.4 is 10.6 Å². The molecule has 0 unspecified atom stereocenters. The van der Waals surface area contributed by atoms with Gasteiger partial charge in [-0.25, -0.2) is 9.97 Å². The van der Waals surface area contributed by atoms with Crippen molar-refractivity contribution in [2.75, 3.05) is 18.0 Å². The SMILES string of the molecule is Cc1c(Cl)ncnc1N1CC(C(N)=O)C1. The van der Waals surface area contributed by atoms with Crippen LogP contribution in [0.3, 0.4) is 0 Å². The van der Waals surface area contributed by atoms with Gasteiger partial charge in [0.25, 0.3) is 0 Å². The molecule has 0 saturated carbocycles. The number of hydrogen-bond donors (Lipinski definition) is 1. The second-order valence-corrected chi connectivity index (χ2v) is 3.98. The van der Waals surface area contributed by atoms with Crippen LogP contribution in [0, 0.1) is 12.8 Å². The summed E-state index contributed by atoms with van der Waals surface area (Å²) in [6.07, 6.45) is 1.42. The van der Waals surface area contributed by atoms with Crippen molar-refractivity contribution in [3.63, 3.8) is 0 Å². The van der Waals surface area contributed by atoms with Crippen LogP contribution >= 0.6 is 11.6 Å². The lowest BCUT2D eigenvalue weighted by molar-refractivity contribution is -0.122. The number of carbonyl (C=O) groups excluding carboxylic acids is 1. The molecule has 1 aliphatic heterocycles. The van der Waals surface area contributed by atoms with Gasteiger partial charge in [-0.2, -0.15) is 0 Å². The van der Waals surface area contributed by atoms with Crippen LogP contribution in [-0.2, 0) is 4.79 Å². The molecule has 1 aliphatic rings. The van der Waals surface area contributed by atoms with Crippen LogP contribution in [0.1, 0.15) is 5.56 Å². The Morgan fingerprint density at radius 1 is 1.60 bits per heavy atom. The summed E-state index contributed by atoms with van der Waals surface area (Å²) in [5.74, 6) is 0.453. The number of amides is 1. The molecule has 1 aromatic rings. The van der Waals surface area contributed by atoms with Crippen molar-refractivity contribution in [2.45, 2.75) is 6.92 Å². The summed E-state index contributed by atoms with van der Waals surface area (Å²) in [6.45, 7) is 3.09. The number of primary amides is 1. The second-order valence-electron chi connectivity index (χ2n) is 3.62. The van der Waals surface area contributed by atoms with E-state index >= 15 is 0 Å². The van der Waals surface area contributed by atoms with E-state index < -0.39 is 0 Å². The zero-order valence-electron chi connectivity index (χ0n) is 8.27. The molecule has 80 valence electrons. The lowest BCUT2D eigenvalue weighted by atomic mass is 9.99. The Hall–Kier alpha value is -1.36. The highest BCUT2D eigenvalue weighted by molar-refractivity contribution is 6.30. The van der Waals surface area contributed by atoms with Crippen LogP contribution in [0.25, 0.3) is 0 Å². The highest BCUT2D eigenvalue weighted by Gasteiger charge is 2.32. The van der Waals surface area contributed by atoms with Gasteiger partial charge in [0.05, 0.1) is 5.92 Å². The predicted octanol–water partition coefficient (Wildman–Crippen LogP) is 0.360. The van der Waals surface area contributed by atoms with Gasteiger partial charge in [-0.15, -0.1) is 0 Å². The third-order valence-corrected chi connectivity index (χ3v) is 2.96. The van der Waals surface area contributed by atoms with Crippen LogP contribution in [-0.4, -0.2) is 29.0 Å². The number of carbonyl (C=O) groups is 1.